The van der Waals surface area contributed by atoms with Crippen LogP contribution in [0.4, 0.5) is 10.2 Å². The molecule has 1 aromatic heterocycles. The van der Waals surface area contributed by atoms with Crippen LogP contribution in [0.2, 0.25) is 0 Å². The van der Waals surface area contributed by atoms with Gasteiger partial charge < -0.3 is 0 Å². The number of aromatic nitrogens is 1. The number of anilines is 1. The summed E-state index contributed by atoms with van der Waals surface area (Å²) < 4.78 is 12.9. The topological polar surface area (TPSA) is 33.2 Å². The quantitative estimate of drug-likeness (QED) is 0.775. The lowest BCUT2D eigenvalue weighted by Crippen LogP contribution is -2.32. The molecular weight excluding hydrogens is 243 g/mol. The van der Waals surface area contributed by atoms with Gasteiger partial charge >= 0.3 is 0 Å². The Morgan fingerprint density at radius 2 is 1.68 bits per heavy atom. The Morgan fingerprint density at radius 3 is 2.37 bits per heavy atom. The van der Waals surface area contributed by atoms with E-state index in [1.165, 1.54) is 31.5 Å². The molecule has 1 aromatic rings. The van der Waals surface area contributed by atoms with Gasteiger partial charge in [-0.1, -0.05) is 32.1 Å². The summed E-state index contributed by atoms with van der Waals surface area (Å²) in [6, 6.07) is 2.95. The van der Waals surface area contributed by atoms with E-state index in [9.17, 15) is 9.18 Å². The second-order valence-corrected chi connectivity index (χ2v) is 5.10. The number of nitrogens with zero attached hydrogens (tertiary/aromatic N) is 2. The van der Waals surface area contributed by atoms with Gasteiger partial charge in [-0.3, -0.25) is 9.69 Å². The third kappa shape index (κ3) is 4.30. The van der Waals surface area contributed by atoms with Crippen LogP contribution in [-0.2, 0) is 4.79 Å². The highest BCUT2D eigenvalue weighted by molar-refractivity contribution is 5.92. The molecule has 2 heterocycles. The third-order valence-electron chi connectivity index (χ3n) is 3.56. The first-order valence-corrected chi connectivity index (χ1v) is 7.19. The van der Waals surface area contributed by atoms with Crippen LogP contribution >= 0.6 is 0 Å². The van der Waals surface area contributed by atoms with E-state index in [1.807, 2.05) is 0 Å². The van der Waals surface area contributed by atoms with Gasteiger partial charge in [-0.15, -0.1) is 0 Å². The van der Waals surface area contributed by atoms with E-state index in [0.29, 0.717) is 18.8 Å². The number of amides is 1. The van der Waals surface area contributed by atoms with Crippen LogP contribution in [0.5, 0.6) is 0 Å². The van der Waals surface area contributed by atoms with Crippen LogP contribution in [-0.4, -0.2) is 17.4 Å². The van der Waals surface area contributed by atoms with Gasteiger partial charge in [0.15, 0.2) is 0 Å². The van der Waals surface area contributed by atoms with E-state index < -0.39 is 0 Å². The zero-order chi connectivity index (χ0) is 13.5. The maximum absolute atomic E-state index is 12.9. The molecule has 0 aromatic carbocycles. The Kier molecular flexibility index (Phi) is 5.31. The van der Waals surface area contributed by atoms with Crippen molar-refractivity contribution in [3.05, 3.63) is 24.1 Å². The largest absolute Gasteiger partial charge is 0.297 e. The van der Waals surface area contributed by atoms with Crippen molar-refractivity contribution in [1.82, 2.24) is 4.98 Å². The van der Waals surface area contributed by atoms with Crippen LogP contribution in [0.15, 0.2) is 18.3 Å². The number of carbonyl (C=O) groups excluding carboxylic acids is 1. The van der Waals surface area contributed by atoms with E-state index in [-0.39, 0.29) is 11.7 Å². The molecule has 2 rings (SSSR count). The van der Waals surface area contributed by atoms with Crippen LogP contribution in [0, 0.1) is 5.82 Å². The van der Waals surface area contributed by atoms with Gasteiger partial charge in [0.1, 0.15) is 11.6 Å². The van der Waals surface area contributed by atoms with E-state index in [4.69, 9.17) is 0 Å². The van der Waals surface area contributed by atoms with Crippen molar-refractivity contribution < 1.29 is 9.18 Å². The third-order valence-corrected chi connectivity index (χ3v) is 3.56. The lowest BCUT2D eigenvalue weighted by Gasteiger charge is -2.21. The van der Waals surface area contributed by atoms with E-state index in [1.54, 1.807) is 11.0 Å². The van der Waals surface area contributed by atoms with E-state index in [2.05, 4.69) is 4.98 Å². The molecule has 1 aliphatic heterocycles. The molecule has 1 aliphatic rings. The monoisotopic (exact) mass is 264 g/mol. The van der Waals surface area contributed by atoms with Gasteiger partial charge in [-0.05, 0) is 25.0 Å². The van der Waals surface area contributed by atoms with Crippen molar-refractivity contribution in [2.24, 2.45) is 0 Å². The molecule has 0 N–H and O–H groups in total. The number of carbonyl (C=O) groups is 1. The van der Waals surface area contributed by atoms with E-state index >= 15 is 0 Å². The highest BCUT2D eigenvalue weighted by atomic mass is 19.1. The average molecular weight is 264 g/mol. The van der Waals surface area contributed by atoms with Crippen LogP contribution in [0.3, 0.4) is 0 Å². The first-order chi connectivity index (χ1) is 9.27. The van der Waals surface area contributed by atoms with Crippen molar-refractivity contribution in [3.63, 3.8) is 0 Å². The molecule has 0 unspecified atom stereocenters. The van der Waals surface area contributed by atoms with Gasteiger partial charge in [0, 0.05) is 13.0 Å². The molecular formula is C15H21FN2O. The van der Waals surface area contributed by atoms with Gasteiger partial charge in [-0.2, -0.15) is 0 Å². The Labute approximate surface area is 113 Å². The summed E-state index contributed by atoms with van der Waals surface area (Å²) in [6.07, 6.45) is 9.67. The zero-order valence-electron chi connectivity index (χ0n) is 11.3. The summed E-state index contributed by atoms with van der Waals surface area (Å²) in [5.74, 6) is 0.320. The molecule has 1 saturated heterocycles. The smallest absolute Gasteiger partial charge is 0.228 e. The summed E-state index contributed by atoms with van der Waals surface area (Å²) in [4.78, 5) is 18.0. The molecule has 4 heteroatoms. The molecule has 1 fully saturated rings. The minimum atomic E-state index is -0.367. The first-order valence-electron chi connectivity index (χ1n) is 7.19. The van der Waals surface area contributed by atoms with Crippen LogP contribution in [0.1, 0.15) is 51.4 Å². The lowest BCUT2D eigenvalue weighted by molar-refractivity contribution is -0.118. The Balaban J connectivity index is 2.08. The SMILES string of the molecule is O=C1CCCCCCCCCN1c1ccc(F)cn1. The van der Waals surface area contributed by atoms with Crippen molar-refractivity contribution in [1.29, 1.82) is 0 Å². The standard InChI is InChI=1S/C15H21FN2O/c16-13-9-10-14(17-12-13)18-11-7-5-3-1-2-4-6-8-15(18)19/h9-10,12H,1-8,11H2. The Bertz CT molecular complexity index is 405. The molecule has 1 amide bonds. The minimum absolute atomic E-state index is 0.112. The Morgan fingerprint density at radius 1 is 1.00 bits per heavy atom. The number of pyridine rings is 1. The lowest BCUT2D eigenvalue weighted by atomic mass is 10.1. The van der Waals surface area contributed by atoms with Gasteiger partial charge in [0.2, 0.25) is 5.91 Å². The van der Waals surface area contributed by atoms with Crippen molar-refractivity contribution in [2.75, 3.05) is 11.4 Å². The van der Waals surface area contributed by atoms with Crippen LogP contribution in [0.25, 0.3) is 0 Å². The second kappa shape index (κ2) is 7.22. The van der Waals surface area contributed by atoms with Crippen molar-refractivity contribution in [2.45, 2.75) is 51.4 Å². The normalized spacial score (nSPS) is 19.0. The fourth-order valence-corrected chi connectivity index (χ4v) is 2.46. The second-order valence-electron chi connectivity index (χ2n) is 5.10. The van der Waals surface area contributed by atoms with Gasteiger partial charge in [0.25, 0.3) is 0 Å². The molecule has 0 aliphatic carbocycles. The number of rotatable bonds is 1. The highest BCUT2D eigenvalue weighted by Crippen LogP contribution is 2.17. The van der Waals surface area contributed by atoms with Crippen molar-refractivity contribution >= 4 is 11.7 Å². The Hall–Kier alpha value is -1.45. The average Bonchev–Trinajstić information content (AvgIpc) is 2.46. The van der Waals surface area contributed by atoms with Gasteiger partial charge in [0.05, 0.1) is 6.20 Å². The summed E-state index contributed by atoms with van der Waals surface area (Å²) in [6.45, 7) is 0.692. The summed E-state index contributed by atoms with van der Waals surface area (Å²) in [5.41, 5.74) is 0. The predicted molar refractivity (Wildman–Crippen MR) is 73.5 cm³/mol. The maximum atomic E-state index is 12.9. The zero-order valence-corrected chi connectivity index (χ0v) is 11.3. The minimum Gasteiger partial charge on any atom is -0.297 e. The molecule has 0 spiro atoms. The van der Waals surface area contributed by atoms with E-state index in [0.717, 1.165) is 25.7 Å². The molecule has 0 bridgehead atoms. The summed E-state index contributed by atoms with van der Waals surface area (Å²) in [7, 11) is 0. The maximum Gasteiger partial charge on any atom is 0.228 e. The van der Waals surface area contributed by atoms with Crippen molar-refractivity contribution in [3.8, 4) is 0 Å². The predicted octanol–water partition coefficient (Wildman–Crippen LogP) is 3.69. The molecule has 0 saturated carbocycles. The molecule has 104 valence electrons. The fraction of sp³-hybridized carbons (Fsp3) is 0.600. The molecule has 19 heavy (non-hydrogen) atoms. The number of hydrogen-bond donors (Lipinski definition) is 0. The fourth-order valence-electron chi connectivity index (χ4n) is 2.46. The van der Waals surface area contributed by atoms with Crippen LogP contribution < -0.4 is 4.90 Å². The number of halogens is 1. The molecule has 0 radical (unpaired) electrons. The van der Waals surface area contributed by atoms with Gasteiger partial charge in [-0.25, -0.2) is 9.37 Å². The first kappa shape index (κ1) is 14.0. The molecule has 3 nitrogen and oxygen atoms in total. The number of hydrogen-bond acceptors (Lipinski definition) is 2. The summed E-state index contributed by atoms with van der Waals surface area (Å²) in [5, 5.41) is 0. The summed E-state index contributed by atoms with van der Waals surface area (Å²) >= 11 is 0. The molecule has 0 atom stereocenters. The highest BCUT2D eigenvalue weighted by Gasteiger charge is 2.16.